The number of hydrogen-bond acceptors (Lipinski definition) is 5. The average molecular weight is 306 g/mol. The second kappa shape index (κ2) is 8.24. The quantitative estimate of drug-likeness (QED) is 0.814. The molecule has 0 aliphatic heterocycles. The molecule has 4 nitrogen and oxygen atoms in total. The van der Waals surface area contributed by atoms with Gasteiger partial charge in [0.1, 0.15) is 0 Å². The van der Waals surface area contributed by atoms with Crippen LogP contribution in [0.2, 0.25) is 0 Å². The van der Waals surface area contributed by atoms with Crippen molar-refractivity contribution in [2.75, 3.05) is 20.2 Å². The Bertz CT molecular complexity index is 504. The molecule has 0 saturated carbocycles. The summed E-state index contributed by atoms with van der Waals surface area (Å²) in [6.07, 6.45) is 3.14. The van der Waals surface area contributed by atoms with E-state index < -0.39 is 6.10 Å². The number of likely N-dealkylation sites (N-methyl/N-ethyl adjacent to an activating group) is 1. The van der Waals surface area contributed by atoms with Crippen LogP contribution in [0.15, 0.2) is 42.0 Å². The highest BCUT2D eigenvalue weighted by Crippen LogP contribution is 2.17. The van der Waals surface area contributed by atoms with Gasteiger partial charge in [-0.3, -0.25) is 9.88 Å². The van der Waals surface area contributed by atoms with Crippen LogP contribution in [-0.2, 0) is 11.3 Å². The molecular weight excluding hydrogens is 284 g/mol. The Morgan fingerprint density at radius 1 is 1.38 bits per heavy atom. The Balaban J connectivity index is 1.72. The third kappa shape index (κ3) is 5.21. The molecule has 21 heavy (non-hydrogen) atoms. The molecule has 2 atom stereocenters. The van der Waals surface area contributed by atoms with Crippen molar-refractivity contribution < 1.29 is 9.84 Å². The van der Waals surface area contributed by atoms with E-state index in [0.29, 0.717) is 19.8 Å². The third-order valence-corrected chi connectivity index (χ3v) is 4.31. The van der Waals surface area contributed by atoms with Gasteiger partial charge in [-0.05, 0) is 37.0 Å². The van der Waals surface area contributed by atoms with Crippen molar-refractivity contribution in [2.45, 2.75) is 25.7 Å². The van der Waals surface area contributed by atoms with Gasteiger partial charge >= 0.3 is 0 Å². The fourth-order valence-electron chi connectivity index (χ4n) is 2.11. The number of pyridine rings is 1. The van der Waals surface area contributed by atoms with Gasteiger partial charge in [-0.25, -0.2) is 0 Å². The lowest BCUT2D eigenvalue weighted by Crippen LogP contribution is -2.34. The van der Waals surface area contributed by atoms with Crippen molar-refractivity contribution in [2.24, 2.45) is 0 Å². The molecule has 0 amide bonds. The lowest BCUT2D eigenvalue weighted by atomic mass is 10.1. The molecule has 0 radical (unpaired) electrons. The fraction of sp³-hybridized carbons (Fsp3) is 0.438. The highest BCUT2D eigenvalue weighted by molar-refractivity contribution is 7.09. The molecule has 2 rings (SSSR count). The molecule has 114 valence electrons. The van der Waals surface area contributed by atoms with Crippen molar-refractivity contribution in [3.63, 3.8) is 0 Å². The van der Waals surface area contributed by atoms with Crippen molar-refractivity contribution in [3.8, 4) is 0 Å². The maximum absolute atomic E-state index is 10.1. The molecular formula is C16H22N2O2S. The fourth-order valence-corrected chi connectivity index (χ4v) is 2.75. The van der Waals surface area contributed by atoms with Crippen molar-refractivity contribution in [1.82, 2.24) is 9.88 Å². The predicted molar refractivity (Wildman–Crippen MR) is 85.3 cm³/mol. The zero-order valence-corrected chi connectivity index (χ0v) is 13.3. The molecule has 2 heterocycles. The lowest BCUT2D eigenvalue weighted by Gasteiger charge is -2.27. The van der Waals surface area contributed by atoms with Crippen LogP contribution < -0.4 is 0 Å². The number of thiophene rings is 1. The number of rotatable bonds is 8. The number of aromatic nitrogens is 1. The van der Waals surface area contributed by atoms with Gasteiger partial charge in [-0.1, -0.05) is 12.1 Å². The van der Waals surface area contributed by atoms with E-state index in [2.05, 4.69) is 16.8 Å². The maximum atomic E-state index is 10.1. The van der Waals surface area contributed by atoms with Crippen LogP contribution in [0.25, 0.3) is 0 Å². The molecule has 2 aromatic heterocycles. The Labute approximate surface area is 130 Å². The number of aliphatic hydroxyl groups excluding tert-OH is 1. The zero-order valence-electron chi connectivity index (χ0n) is 12.5. The summed E-state index contributed by atoms with van der Waals surface area (Å²) in [6.45, 7) is 3.59. The van der Waals surface area contributed by atoms with Gasteiger partial charge in [-0.2, -0.15) is 0 Å². The van der Waals surface area contributed by atoms with E-state index in [4.69, 9.17) is 4.74 Å². The van der Waals surface area contributed by atoms with Gasteiger partial charge in [0.05, 0.1) is 19.3 Å². The summed E-state index contributed by atoms with van der Waals surface area (Å²) in [7, 11) is 2.00. The summed E-state index contributed by atoms with van der Waals surface area (Å²) in [4.78, 5) is 7.42. The van der Waals surface area contributed by atoms with E-state index in [-0.39, 0.29) is 6.04 Å². The smallest absolute Gasteiger partial charge is 0.0900 e. The second-order valence-electron chi connectivity index (χ2n) is 5.15. The van der Waals surface area contributed by atoms with Crippen molar-refractivity contribution in [3.05, 3.63) is 52.5 Å². The first-order valence-corrected chi connectivity index (χ1v) is 7.93. The summed E-state index contributed by atoms with van der Waals surface area (Å²) in [5.74, 6) is 0. The third-order valence-electron chi connectivity index (χ3n) is 3.46. The van der Waals surface area contributed by atoms with Gasteiger partial charge in [0.15, 0.2) is 0 Å². The molecule has 0 aromatic carbocycles. The number of ether oxygens (including phenoxy) is 1. The molecule has 0 fully saturated rings. The van der Waals surface area contributed by atoms with E-state index >= 15 is 0 Å². The Hall–Kier alpha value is -1.27. The zero-order chi connectivity index (χ0) is 15.1. The minimum Gasteiger partial charge on any atom is -0.389 e. The monoisotopic (exact) mass is 306 g/mol. The highest BCUT2D eigenvalue weighted by atomic mass is 32.1. The van der Waals surface area contributed by atoms with Crippen LogP contribution in [0.4, 0.5) is 0 Å². The van der Waals surface area contributed by atoms with E-state index in [0.717, 1.165) is 5.56 Å². The molecule has 2 unspecified atom stereocenters. The Morgan fingerprint density at radius 3 is 2.90 bits per heavy atom. The van der Waals surface area contributed by atoms with Gasteiger partial charge in [0.2, 0.25) is 0 Å². The summed E-state index contributed by atoms with van der Waals surface area (Å²) < 4.78 is 5.55. The van der Waals surface area contributed by atoms with E-state index in [1.165, 1.54) is 4.88 Å². The first-order valence-electron chi connectivity index (χ1n) is 7.05. The molecule has 5 heteroatoms. The van der Waals surface area contributed by atoms with E-state index in [9.17, 15) is 5.11 Å². The lowest BCUT2D eigenvalue weighted by molar-refractivity contribution is 0.00928. The summed E-state index contributed by atoms with van der Waals surface area (Å²) >= 11 is 1.67. The molecule has 1 N–H and O–H groups in total. The van der Waals surface area contributed by atoms with Crippen LogP contribution >= 0.6 is 11.3 Å². The molecule has 0 aliphatic carbocycles. The first-order chi connectivity index (χ1) is 10.2. The normalized spacial score (nSPS) is 14.3. The largest absolute Gasteiger partial charge is 0.389 e. The van der Waals surface area contributed by atoms with Gasteiger partial charge in [-0.15, -0.1) is 11.3 Å². The summed E-state index contributed by atoms with van der Waals surface area (Å²) in [5.41, 5.74) is 1.15. The topological polar surface area (TPSA) is 45.6 Å². The second-order valence-corrected chi connectivity index (χ2v) is 6.18. The molecule has 0 saturated heterocycles. The number of hydrogen-bond donors (Lipinski definition) is 1. The van der Waals surface area contributed by atoms with Crippen molar-refractivity contribution >= 4 is 11.3 Å². The van der Waals surface area contributed by atoms with Crippen LogP contribution in [-0.4, -0.2) is 41.3 Å². The summed E-state index contributed by atoms with van der Waals surface area (Å²) in [5, 5.41) is 12.1. The molecule has 0 spiro atoms. The van der Waals surface area contributed by atoms with Gasteiger partial charge < -0.3 is 9.84 Å². The van der Waals surface area contributed by atoms with E-state index in [1.807, 2.05) is 42.9 Å². The van der Waals surface area contributed by atoms with E-state index in [1.54, 1.807) is 17.5 Å². The highest BCUT2D eigenvalue weighted by Gasteiger charge is 2.15. The van der Waals surface area contributed by atoms with Crippen LogP contribution in [0.3, 0.4) is 0 Å². The number of aliphatic hydroxyl groups is 1. The standard InChI is InChI=1S/C16H22N2O2S/c1-13(14-5-3-7-17-9-14)18(2)10-15(19)11-20-12-16-6-4-8-21-16/h3-9,13,15,19H,10-12H2,1-2H3. The first kappa shape index (κ1) is 16.1. The molecule has 0 aliphatic rings. The van der Waals surface area contributed by atoms with Gasteiger partial charge in [0, 0.05) is 29.9 Å². The van der Waals surface area contributed by atoms with Crippen LogP contribution in [0.5, 0.6) is 0 Å². The molecule has 2 aromatic rings. The average Bonchev–Trinajstić information content (AvgIpc) is 3.00. The minimum absolute atomic E-state index is 0.214. The molecule has 0 bridgehead atoms. The van der Waals surface area contributed by atoms with Gasteiger partial charge in [0.25, 0.3) is 0 Å². The predicted octanol–water partition coefficient (Wildman–Crippen LogP) is 2.71. The Morgan fingerprint density at radius 2 is 2.24 bits per heavy atom. The van der Waals surface area contributed by atoms with Crippen LogP contribution in [0, 0.1) is 0 Å². The Kier molecular flexibility index (Phi) is 6.32. The number of nitrogens with zero attached hydrogens (tertiary/aromatic N) is 2. The SMILES string of the molecule is CC(c1cccnc1)N(C)CC(O)COCc1cccs1. The van der Waals surface area contributed by atoms with Crippen LogP contribution in [0.1, 0.15) is 23.4 Å². The minimum atomic E-state index is -0.492. The van der Waals surface area contributed by atoms with Crippen molar-refractivity contribution in [1.29, 1.82) is 0 Å². The maximum Gasteiger partial charge on any atom is 0.0900 e. The summed E-state index contributed by atoms with van der Waals surface area (Å²) in [6, 6.07) is 8.23.